The topological polar surface area (TPSA) is 0 Å². The second kappa shape index (κ2) is 4.76. The molecule has 0 atom stereocenters. The summed E-state index contributed by atoms with van der Waals surface area (Å²) in [6.45, 7) is 0. The van der Waals surface area contributed by atoms with Crippen molar-refractivity contribution in [2.45, 2.75) is 11.3 Å². The van der Waals surface area contributed by atoms with Gasteiger partial charge < -0.3 is 0 Å². The molecule has 0 heterocycles. The maximum absolute atomic E-state index is 5.31. The van der Waals surface area contributed by atoms with Gasteiger partial charge in [0.1, 0.15) is 4.84 Å². The number of rotatable bonds is 2. The van der Waals surface area contributed by atoms with Gasteiger partial charge >= 0.3 is 0 Å². The molecule has 0 unspecified atom stereocenters. The molecule has 0 aliphatic carbocycles. The van der Waals surface area contributed by atoms with E-state index in [0.29, 0.717) is 6.42 Å². The van der Waals surface area contributed by atoms with Crippen LogP contribution in [0.1, 0.15) is 6.42 Å². The Morgan fingerprint density at radius 1 is 1.43 bits per heavy atom. The molecule has 0 amide bonds. The maximum atomic E-state index is 5.31. The van der Waals surface area contributed by atoms with E-state index in [0.717, 1.165) is 0 Å². The Kier molecular flexibility index (Phi) is 5.18. The lowest BCUT2D eigenvalue weighted by Gasteiger charge is -1.87. The molecule has 0 fully saturated rings. The Morgan fingerprint density at radius 2 is 2.00 bits per heavy atom. The van der Waals surface area contributed by atoms with Gasteiger partial charge in [0.15, 0.2) is 0 Å². The number of hydrogen-bond donors (Lipinski definition) is 0. The highest BCUT2D eigenvalue weighted by atomic mass is 35.5. The fourth-order valence-electron chi connectivity index (χ4n) is 0.154. The van der Waals surface area contributed by atoms with Crippen LogP contribution in [0.4, 0.5) is 0 Å². The van der Waals surface area contributed by atoms with Gasteiger partial charge in [-0.15, -0.1) is 23.2 Å². The molecule has 0 bridgehead atoms. The summed E-state index contributed by atoms with van der Waals surface area (Å²) in [6.07, 6.45) is 2.32. The minimum Gasteiger partial charge on any atom is -0.105 e. The van der Waals surface area contributed by atoms with E-state index in [4.69, 9.17) is 34.8 Å². The van der Waals surface area contributed by atoms with E-state index in [1.165, 1.54) is 5.54 Å². The highest BCUT2D eigenvalue weighted by Crippen LogP contribution is 2.06. The van der Waals surface area contributed by atoms with E-state index in [1.807, 2.05) is 0 Å². The molecular weight excluding hydrogens is 154 g/mol. The molecule has 0 saturated carbocycles. The van der Waals surface area contributed by atoms with Crippen molar-refractivity contribution in [3.05, 3.63) is 11.6 Å². The predicted octanol–water partition coefficient (Wildman–Crippen LogP) is 2.93. The van der Waals surface area contributed by atoms with Crippen molar-refractivity contribution in [3.8, 4) is 0 Å². The summed E-state index contributed by atoms with van der Waals surface area (Å²) in [4.78, 5) is -0.324. The number of halogens is 3. The third-order valence-corrected chi connectivity index (χ3v) is 0.938. The Hall–Kier alpha value is 0.610. The van der Waals surface area contributed by atoms with Crippen LogP contribution in [0, 0.1) is 0 Å². The van der Waals surface area contributed by atoms with E-state index in [1.54, 1.807) is 6.08 Å². The highest BCUT2D eigenvalue weighted by molar-refractivity contribution is 6.44. The average molecular weight is 159 g/mol. The SMILES string of the molecule is ClC=CCC(Cl)Cl. The molecule has 0 aliphatic heterocycles. The lowest BCUT2D eigenvalue weighted by Crippen LogP contribution is -1.78. The molecule has 42 valence electrons. The first-order valence-electron chi connectivity index (χ1n) is 1.80. The van der Waals surface area contributed by atoms with Gasteiger partial charge in [-0.25, -0.2) is 0 Å². The van der Waals surface area contributed by atoms with Gasteiger partial charge in [-0.2, -0.15) is 0 Å². The molecule has 0 nitrogen and oxygen atoms in total. The summed E-state index contributed by atoms with van der Waals surface area (Å²) in [6, 6.07) is 0. The zero-order valence-corrected chi connectivity index (χ0v) is 5.84. The highest BCUT2D eigenvalue weighted by Gasteiger charge is 1.90. The number of hydrogen-bond acceptors (Lipinski definition) is 0. The van der Waals surface area contributed by atoms with Crippen molar-refractivity contribution in [3.63, 3.8) is 0 Å². The molecule has 3 heteroatoms. The van der Waals surface area contributed by atoms with Gasteiger partial charge in [0, 0.05) is 5.54 Å². The summed E-state index contributed by atoms with van der Waals surface area (Å²) in [5.74, 6) is 0. The van der Waals surface area contributed by atoms with Crippen LogP contribution in [0.3, 0.4) is 0 Å². The largest absolute Gasteiger partial charge is 0.111 e. The van der Waals surface area contributed by atoms with Crippen molar-refractivity contribution >= 4 is 34.8 Å². The summed E-state index contributed by atoms with van der Waals surface area (Å²) < 4.78 is 0. The van der Waals surface area contributed by atoms with Crippen LogP contribution < -0.4 is 0 Å². The zero-order valence-electron chi connectivity index (χ0n) is 3.57. The van der Waals surface area contributed by atoms with Crippen molar-refractivity contribution in [2.24, 2.45) is 0 Å². The summed E-state index contributed by atoms with van der Waals surface area (Å²) in [7, 11) is 0. The quantitative estimate of drug-likeness (QED) is 0.544. The van der Waals surface area contributed by atoms with Crippen LogP contribution in [-0.2, 0) is 0 Å². The van der Waals surface area contributed by atoms with Crippen LogP contribution >= 0.6 is 34.8 Å². The molecule has 0 rings (SSSR count). The third kappa shape index (κ3) is 6.61. The molecule has 0 aromatic rings. The number of allylic oxidation sites excluding steroid dienone is 1. The number of alkyl halides is 2. The molecular formula is C4H5Cl3. The lowest BCUT2D eigenvalue weighted by atomic mass is 10.5. The molecule has 0 N–H and O–H groups in total. The second-order valence-corrected chi connectivity index (χ2v) is 2.52. The van der Waals surface area contributed by atoms with Gasteiger partial charge in [0.25, 0.3) is 0 Å². The van der Waals surface area contributed by atoms with Crippen molar-refractivity contribution < 1.29 is 0 Å². The van der Waals surface area contributed by atoms with Crippen molar-refractivity contribution in [1.82, 2.24) is 0 Å². The van der Waals surface area contributed by atoms with Crippen LogP contribution in [-0.4, -0.2) is 4.84 Å². The van der Waals surface area contributed by atoms with Gasteiger partial charge in [-0.05, 0) is 6.42 Å². The van der Waals surface area contributed by atoms with Gasteiger partial charge in [-0.1, -0.05) is 17.7 Å². The summed E-state index contributed by atoms with van der Waals surface area (Å²) in [5.41, 5.74) is 1.40. The standard InChI is InChI=1S/C4H5Cl3/c5-3-1-2-4(6)7/h1,3-4H,2H2. The summed E-state index contributed by atoms with van der Waals surface area (Å²) in [5, 5.41) is 0. The first kappa shape index (κ1) is 7.61. The third-order valence-electron chi connectivity index (χ3n) is 0.403. The van der Waals surface area contributed by atoms with E-state index >= 15 is 0 Å². The van der Waals surface area contributed by atoms with E-state index in [2.05, 4.69) is 0 Å². The van der Waals surface area contributed by atoms with Crippen LogP contribution in [0.25, 0.3) is 0 Å². The van der Waals surface area contributed by atoms with Crippen molar-refractivity contribution in [1.29, 1.82) is 0 Å². The molecule has 0 radical (unpaired) electrons. The Balaban J connectivity index is 2.97. The van der Waals surface area contributed by atoms with Gasteiger partial charge in [0.2, 0.25) is 0 Å². The van der Waals surface area contributed by atoms with E-state index in [9.17, 15) is 0 Å². The molecule has 0 saturated heterocycles. The maximum Gasteiger partial charge on any atom is 0.111 e. The lowest BCUT2D eigenvalue weighted by molar-refractivity contribution is 1.16. The Morgan fingerprint density at radius 3 is 2.14 bits per heavy atom. The first-order chi connectivity index (χ1) is 3.27. The molecule has 0 spiro atoms. The second-order valence-electron chi connectivity index (χ2n) is 0.988. The smallest absolute Gasteiger partial charge is 0.105 e. The molecule has 0 aromatic heterocycles. The minimum absolute atomic E-state index is 0.324. The molecule has 0 aliphatic rings. The zero-order chi connectivity index (χ0) is 5.70. The summed E-state index contributed by atoms with van der Waals surface area (Å²) >= 11 is 15.8. The van der Waals surface area contributed by atoms with Crippen LogP contribution in [0.15, 0.2) is 11.6 Å². The van der Waals surface area contributed by atoms with E-state index < -0.39 is 0 Å². The first-order valence-corrected chi connectivity index (χ1v) is 3.11. The van der Waals surface area contributed by atoms with Gasteiger partial charge in [-0.3, -0.25) is 0 Å². The predicted molar refractivity (Wildman–Crippen MR) is 35.1 cm³/mol. The normalized spacial score (nSPS) is 11.4. The Bertz CT molecular complexity index is 58.0. The van der Waals surface area contributed by atoms with Crippen LogP contribution in [0.2, 0.25) is 0 Å². The fourth-order valence-corrected chi connectivity index (χ4v) is 0.463. The fraction of sp³-hybridized carbons (Fsp3) is 0.500. The monoisotopic (exact) mass is 158 g/mol. The average Bonchev–Trinajstić information content (AvgIpc) is 1.61. The van der Waals surface area contributed by atoms with Crippen molar-refractivity contribution in [2.75, 3.05) is 0 Å². The molecule has 7 heavy (non-hydrogen) atoms. The molecule has 0 aromatic carbocycles. The van der Waals surface area contributed by atoms with E-state index in [-0.39, 0.29) is 4.84 Å². The van der Waals surface area contributed by atoms with Crippen LogP contribution in [0.5, 0.6) is 0 Å². The minimum atomic E-state index is -0.324. The Labute approximate surface area is 58.1 Å². The van der Waals surface area contributed by atoms with Gasteiger partial charge in [0.05, 0.1) is 0 Å².